The van der Waals surface area contributed by atoms with E-state index >= 15 is 0 Å². The van der Waals surface area contributed by atoms with Gasteiger partial charge in [-0.1, -0.05) is 11.3 Å². The van der Waals surface area contributed by atoms with Crippen molar-refractivity contribution in [1.29, 1.82) is 0 Å². The summed E-state index contributed by atoms with van der Waals surface area (Å²) in [6, 6.07) is 8.19. The molecule has 3 nitrogen and oxygen atoms in total. The number of alkyl halides is 1. The molecule has 5 heteroatoms. The van der Waals surface area contributed by atoms with Gasteiger partial charge in [0.15, 0.2) is 0 Å². The van der Waals surface area contributed by atoms with Crippen LogP contribution in [0, 0.1) is 0 Å². The average Bonchev–Trinajstić information content (AvgIpc) is 2.78. The van der Waals surface area contributed by atoms with Gasteiger partial charge in [0.05, 0.1) is 17.6 Å². The summed E-state index contributed by atoms with van der Waals surface area (Å²) < 4.78 is 1.78. The summed E-state index contributed by atoms with van der Waals surface area (Å²) >= 11 is 7.37. The summed E-state index contributed by atoms with van der Waals surface area (Å²) in [4.78, 5) is 1.21. The normalized spacial score (nSPS) is 10.6. The molecule has 0 radical (unpaired) electrons. The zero-order valence-electron chi connectivity index (χ0n) is 8.93. The molecule has 84 valence electrons. The highest BCUT2D eigenvalue weighted by atomic mass is 35.5. The third-order valence-corrected chi connectivity index (χ3v) is 3.12. The fraction of sp³-hybridized carbons (Fsp3) is 0.273. The molecule has 0 N–H and O–H groups in total. The van der Waals surface area contributed by atoms with E-state index in [1.54, 1.807) is 16.4 Å². The molecule has 0 saturated carbocycles. The van der Waals surface area contributed by atoms with E-state index in [4.69, 9.17) is 11.6 Å². The minimum atomic E-state index is 0.573. The molecule has 2 rings (SSSR count). The van der Waals surface area contributed by atoms with Gasteiger partial charge in [-0.15, -0.1) is 28.5 Å². The Kier molecular flexibility index (Phi) is 3.85. The Hall–Kier alpha value is -1.00. The number of halogens is 1. The summed E-state index contributed by atoms with van der Waals surface area (Å²) in [6.07, 6.45) is 4.73. The molecule has 1 aromatic carbocycles. The van der Waals surface area contributed by atoms with Gasteiger partial charge < -0.3 is 0 Å². The van der Waals surface area contributed by atoms with Crippen molar-refractivity contribution in [2.24, 2.45) is 0 Å². The van der Waals surface area contributed by atoms with Gasteiger partial charge in [-0.2, -0.15) is 0 Å². The minimum absolute atomic E-state index is 0.573. The predicted octanol–water partition coefficient (Wildman–Crippen LogP) is 2.77. The van der Waals surface area contributed by atoms with Crippen LogP contribution >= 0.6 is 23.4 Å². The number of nitrogens with zero attached hydrogens (tertiary/aromatic N) is 3. The number of rotatable bonds is 4. The second-order valence-electron chi connectivity index (χ2n) is 3.29. The van der Waals surface area contributed by atoms with Crippen LogP contribution in [0.25, 0.3) is 5.69 Å². The zero-order chi connectivity index (χ0) is 11.4. The summed E-state index contributed by atoms with van der Waals surface area (Å²) in [7, 11) is 0. The second kappa shape index (κ2) is 5.37. The Labute approximate surface area is 104 Å². The molecule has 16 heavy (non-hydrogen) atoms. The van der Waals surface area contributed by atoms with Gasteiger partial charge in [-0.25, -0.2) is 4.68 Å². The molecule has 0 aliphatic heterocycles. The first-order valence-electron chi connectivity index (χ1n) is 4.95. The highest BCUT2D eigenvalue weighted by Gasteiger charge is 2.02. The van der Waals surface area contributed by atoms with Gasteiger partial charge in [0.1, 0.15) is 0 Å². The summed E-state index contributed by atoms with van der Waals surface area (Å²) in [6.45, 7) is 0. The molecule has 2 aromatic rings. The van der Waals surface area contributed by atoms with E-state index in [9.17, 15) is 0 Å². The van der Waals surface area contributed by atoms with Crippen molar-refractivity contribution in [1.82, 2.24) is 15.0 Å². The van der Waals surface area contributed by atoms with Crippen LogP contribution < -0.4 is 0 Å². The molecule has 0 amide bonds. The number of hydrogen-bond acceptors (Lipinski definition) is 3. The molecule has 0 spiro atoms. The standard InChI is InChI=1S/C11H12ClN3S/c1-16-11-4-2-3-10(7-11)15-8-9(5-6-12)13-14-15/h2-4,7-8H,5-6H2,1H3. The molecule has 1 aromatic heterocycles. The molecule has 0 aliphatic carbocycles. The largest absolute Gasteiger partial charge is 0.220 e. The maximum Gasteiger partial charge on any atom is 0.0843 e. The van der Waals surface area contributed by atoms with Crippen LogP contribution in [0.3, 0.4) is 0 Å². The van der Waals surface area contributed by atoms with E-state index < -0.39 is 0 Å². The van der Waals surface area contributed by atoms with E-state index in [0.717, 1.165) is 17.8 Å². The number of aromatic nitrogens is 3. The van der Waals surface area contributed by atoms with Crippen LogP contribution in [0.5, 0.6) is 0 Å². The SMILES string of the molecule is CSc1cccc(-n2cc(CCCl)nn2)c1. The van der Waals surface area contributed by atoms with Gasteiger partial charge in [-0.3, -0.25) is 0 Å². The molecule has 0 fully saturated rings. The summed E-state index contributed by atoms with van der Waals surface area (Å²) in [5, 5.41) is 8.14. The summed E-state index contributed by atoms with van der Waals surface area (Å²) in [5.74, 6) is 0.573. The topological polar surface area (TPSA) is 30.7 Å². The van der Waals surface area contributed by atoms with Gasteiger partial charge >= 0.3 is 0 Å². The van der Waals surface area contributed by atoms with Crippen molar-refractivity contribution in [2.75, 3.05) is 12.1 Å². The molecule has 1 heterocycles. The van der Waals surface area contributed by atoms with E-state index in [0.29, 0.717) is 5.88 Å². The second-order valence-corrected chi connectivity index (χ2v) is 4.55. The molecular weight excluding hydrogens is 242 g/mol. The molecular formula is C11H12ClN3S. The monoisotopic (exact) mass is 253 g/mol. The lowest BCUT2D eigenvalue weighted by Gasteiger charge is -2.01. The third-order valence-electron chi connectivity index (χ3n) is 2.21. The van der Waals surface area contributed by atoms with Crippen LogP contribution in [0.2, 0.25) is 0 Å². The summed E-state index contributed by atoms with van der Waals surface area (Å²) in [5.41, 5.74) is 1.95. The van der Waals surface area contributed by atoms with Crippen LogP contribution in [0.1, 0.15) is 5.69 Å². The Morgan fingerprint density at radius 2 is 2.31 bits per heavy atom. The van der Waals surface area contributed by atoms with Crippen LogP contribution in [0.15, 0.2) is 35.4 Å². The van der Waals surface area contributed by atoms with Gasteiger partial charge in [0, 0.05) is 17.2 Å². The van der Waals surface area contributed by atoms with Crippen LogP contribution in [-0.4, -0.2) is 27.1 Å². The van der Waals surface area contributed by atoms with Gasteiger partial charge in [-0.05, 0) is 24.5 Å². The highest BCUT2D eigenvalue weighted by molar-refractivity contribution is 7.98. The number of aryl methyl sites for hydroxylation is 1. The Morgan fingerprint density at radius 1 is 1.44 bits per heavy atom. The van der Waals surface area contributed by atoms with Crippen molar-refractivity contribution in [3.8, 4) is 5.69 Å². The lowest BCUT2D eigenvalue weighted by atomic mass is 10.3. The first kappa shape index (κ1) is 11.5. The Balaban J connectivity index is 2.27. The molecule has 0 atom stereocenters. The lowest BCUT2D eigenvalue weighted by Crippen LogP contribution is -1.94. The van der Waals surface area contributed by atoms with Gasteiger partial charge in [0.2, 0.25) is 0 Å². The third kappa shape index (κ3) is 2.57. The van der Waals surface area contributed by atoms with E-state index in [-0.39, 0.29) is 0 Å². The number of benzene rings is 1. The zero-order valence-corrected chi connectivity index (χ0v) is 10.5. The first-order chi connectivity index (χ1) is 7.83. The smallest absolute Gasteiger partial charge is 0.0843 e. The molecule has 0 aliphatic rings. The van der Waals surface area contributed by atoms with Gasteiger partial charge in [0.25, 0.3) is 0 Å². The maximum atomic E-state index is 5.66. The van der Waals surface area contributed by atoms with Crippen molar-refractivity contribution in [3.63, 3.8) is 0 Å². The van der Waals surface area contributed by atoms with Crippen LogP contribution in [-0.2, 0) is 6.42 Å². The number of hydrogen-bond donors (Lipinski definition) is 0. The fourth-order valence-corrected chi connectivity index (χ4v) is 2.04. The Bertz CT molecular complexity index is 470. The van der Waals surface area contributed by atoms with Crippen molar-refractivity contribution >= 4 is 23.4 Å². The molecule has 0 saturated heterocycles. The van der Waals surface area contributed by atoms with Crippen molar-refractivity contribution in [3.05, 3.63) is 36.2 Å². The van der Waals surface area contributed by atoms with E-state index in [1.807, 2.05) is 18.3 Å². The highest BCUT2D eigenvalue weighted by Crippen LogP contribution is 2.18. The Morgan fingerprint density at radius 3 is 3.06 bits per heavy atom. The molecule has 0 bridgehead atoms. The van der Waals surface area contributed by atoms with Crippen molar-refractivity contribution < 1.29 is 0 Å². The maximum absolute atomic E-state index is 5.66. The van der Waals surface area contributed by atoms with Crippen molar-refractivity contribution in [2.45, 2.75) is 11.3 Å². The fourth-order valence-electron chi connectivity index (χ4n) is 1.39. The average molecular weight is 254 g/mol. The minimum Gasteiger partial charge on any atom is -0.220 e. The van der Waals surface area contributed by atoms with Crippen LogP contribution in [0.4, 0.5) is 0 Å². The lowest BCUT2D eigenvalue weighted by molar-refractivity contribution is 0.796. The van der Waals surface area contributed by atoms with E-state index in [1.165, 1.54) is 4.90 Å². The quantitative estimate of drug-likeness (QED) is 0.620. The molecule has 0 unspecified atom stereocenters. The van der Waals surface area contributed by atoms with E-state index in [2.05, 4.69) is 28.7 Å². The first-order valence-corrected chi connectivity index (χ1v) is 6.71. The number of thioether (sulfide) groups is 1. The predicted molar refractivity (Wildman–Crippen MR) is 67.6 cm³/mol.